The zero-order valence-corrected chi connectivity index (χ0v) is 12.8. The van der Waals surface area contributed by atoms with E-state index >= 15 is 0 Å². The van der Waals surface area contributed by atoms with Crippen molar-refractivity contribution in [2.75, 3.05) is 13.6 Å². The Hall–Kier alpha value is -1.81. The van der Waals surface area contributed by atoms with Crippen molar-refractivity contribution < 1.29 is 0 Å². The van der Waals surface area contributed by atoms with Gasteiger partial charge in [-0.25, -0.2) is 0 Å². The Kier molecular flexibility index (Phi) is 5.62. The minimum Gasteiger partial charge on any atom is -0.356 e. The third-order valence-corrected chi connectivity index (χ3v) is 4.06. The summed E-state index contributed by atoms with van der Waals surface area (Å²) in [5, 5.41) is 8.87. The van der Waals surface area contributed by atoms with Gasteiger partial charge in [0, 0.05) is 18.5 Å². The molecule has 1 aromatic carbocycles. The van der Waals surface area contributed by atoms with Crippen LogP contribution in [-0.2, 0) is 6.42 Å². The third kappa shape index (κ3) is 4.38. The summed E-state index contributed by atoms with van der Waals surface area (Å²) in [7, 11) is 1.80. The molecule has 0 amide bonds. The van der Waals surface area contributed by atoms with Crippen LogP contribution in [0.3, 0.4) is 0 Å². The molecule has 0 bridgehead atoms. The van der Waals surface area contributed by atoms with Crippen molar-refractivity contribution >= 4 is 17.3 Å². The predicted molar refractivity (Wildman–Crippen MR) is 87.4 cm³/mol. The molecule has 1 atom stereocenters. The molecule has 0 unspecified atom stereocenters. The molecule has 106 valence electrons. The number of hydrogen-bond donors (Lipinski definition) is 2. The molecule has 0 aliphatic rings. The molecule has 3 nitrogen and oxygen atoms in total. The lowest BCUT2D eigenvalue weighted by molar-refractivity contribution is 0.685. The minimum atomic E-state index is 0.240. The van der Waals surface area contributed by atoms with Crippen LogP contribution in [0.2, 0.25) is 0 Å². The summed E-state index contributed by atoms with van der Waals surface area (Å²) in [5.74, 6) is 0.845. The molecule has 0 radical (unpaired) electrons. The van der Waals surface area contributed by atoms with Crippen LogP contribution >= 0.6 is 11.3 Å². The Morgan fingerprint density at radius 3 is 2.65 bits per heavy atom. The van der Waals surface area contributed by atoms with Crippen LogP contribution in [0.4, 0.5) is 0 Å². The molecule has 0 aliphatic heterocycles. The molecule has 20 heavy (non-hydrogen) atoms. The van der Waals surface area contributed by atoms with E-state index in [-0.39, 0.29) is 6.04 Å². The Balaban J connectivity index is 1.80. The molecule has 2 aromatic rings. The van der Waals surface area contributed by atoms with Crippen LogP contribution in [0.1, 0.15) is 23.4 Å². The van der Waals surface area contributed by atoms with E-state index in [1.54, 1.807) is 18.4 Å². The Morgan fingerprint density at radius 2 is 2.00 bits per heavy atom. The maximum absolute atomic E-state index is 4.27. The number of guanidine groups is 1. The van der Waals surface area contributed by atoms with E-state index in [0.29, 0.717) is 0 Å². The normalized spacial score (nSPS) is 13.0. The predicted octanol–water partition coefficient (Wildman–Crippen LogP) is 3.22. The number of nitrogens with one attached hydrogen (secondary N) is 2. The van der Waals surface area contributed by atoms with E-state index in [2.05, 4.69) is 64.3 Å². The fraction of sp³-hybridized carbons (Fsp3) is 0.312. The second-order valence-electron chi connectivity index (χ2n) is 4.61. The summed E-state index contributed by atoms with van der Waals surface area (Å²) in [6.45, 7) is 3.03. The molecule has 0 saturated carbocycles. The lowest BCUT2D eigenvalue weighted by Crippen LogP contribution is -2.39. The Labute approximate surface area is 124 Å². The van der Waals surface area contributed by atoms with E-state index in [0.717, 1.165) is 18.9 Å². The van der Waals surface area contributed by atoms with Crippen LogP contribution in [-0.4, -0.2) is 19.6 Å². The van der Waals surface area contributed by atoms with Gasteiger partial charge in [-0.2, -0.15) is 0 Å². The number of benzene rings is 1. The second-order valence-corrected chi connectivity index (χ2v) is 5.64. The van der Waals surface area contributed by atoms with Crippen molar-refractivity contribution in [1.82, 2.24) is 10.6 Å². The van der Waals surface area contributed by atoms with Gasteiger partial charge in [-0.15, -0.1) is 11.3 Å². The summed E-state index contributed by atoms with van der Waals surface area (Å²) < 4.78 is 0. The van der Waals surface area contributed by atoms with Gasteiger partial charge in [-0.1, -0.05) is 36.4 Å². The van der Waals surface area contributed by atoms with Gasteiger partial charge in [0.05, 0.1) is 6.04 Å². The monoisotopic (exact) mass is 287 g/mol. The van der Waals surface area contributed by atoms with E-state index < -0.39 is 0 Å². The van der Waals surface area contributed by atoms with Crippen LogP contribution in [0.15, 0.2) is 52.8 Å². The summed E-state index contributed by atoms with van der Waals surface area (Å²) in [5.41, 5.74) is 1.26. The van der Waals surface area contributed by atoms with Crippen LogP contribution in [0.5, 0.6) is 0 Å². The van der Waals surface area contributed by atoms with Gasteiger partial charge in [0.2, 0.25) is 0 Å². The van der Waals surface area contributed by atoms with E-state index in [1.165, 1.54) is 10.4 Å². The topological polar surface area (TPSA) is 36.4 Å². The number of rotatable bonds is 5. The van der Waals surface area contributed by atoms with E-state index in [9.17, 15) is 0 Å². The average molecular weight is 287 g/mol. The van der Waals surface area contributed by atoms with Crippen molar-refractivity contribution in [2.24, 2.45) is 4.99 Å². The molecule has 1 aromatic heterocycles. The van der Waals surface area contributed by atoms with Crippen molar-refractivity contribution in [2.45, 2.75) is 19.4 Å². The largest absolute Gasteiger partial charge is 0.356 e. The van der Waals surface area contributed by atoms with Crippen molar-refractivity contribution in [3.05, 3.63) is 58.3 Å². The van der Waals surface area contributed by atoms with E-state index in [4.69, 9.17) is 0 Å². The first-order valence-corrected chi connectivity index (χ1v) is 7.72. The van der Waals surface area contributed by atoms with Crippen LogP contribution in [0.25, 0.3) is 0 Å². The quantitative estimate of drug-likeness (QED) is 0.654. The Bertz CT molecular complexity index is 520. The highest BCUT2D eigenvalue weighted by Gasteiger charge is 2.06. The molecular formula is C16H21N3S. The lowest BCUT2D eigenvalue weighted by atomic mass is 10.1. The first kappa shape index (κ1) is 14.6. The molecule has 1 heterocycles. The van der Waals surface area contributed by atoms with Gasteiger partial charge in [0.25, 0.3) is 0 Å². The molecule has 0 saturated heterocycles. The van der Waals surface area contributed by atoms with Crippen LogP contribution in [0, 0.1) is 0 Å². The maximum atomic E-state index is 4.27. The minimum absolute atomic E-state index is 0.240. The molecule has 2 rings (SSSR count). The van der Waals surface area contributed by atoms with Gasteiger partial charge in [0.15, 0.2) is 5.96 Å². The molecule has 2 N–H and O–H groups in total. The standard InChI is InChI=1S/C16H21N3S/c1-13(14-7-4-3-5-8-14)19-16(17-2)18-11-10-15-9-6-12-20-15/h3-9,12-13H,10-11H2,1-2H3,(H2,17,18,19)/t13-/m1/s1. The molecule has 0 aliphatic carbocycles. The molecule has 0 spiro atoms. The number of aliphatic imine (C=N–C) groups is 1. The second kappa shape index (κ2) is 7.70. The first-order valence-electron chi connectivity index (χ1n) is 6.84. The van der Waals surface area contributed by atoms with Gasteiger partial charge in [0.1, 0.15) is 0 Å². The van der Waals surface area contributed by atoms with Crippen molar-refractivity contribution in [1.29, 1.82) is 0 Å². The molecule has 4 heteroatoms. The fourth-order valence-corrected chi connectivity index (χ4v) is 2.69. The summed E-state index contributed by atoms with van der Waals surface area (Å²) in [6, 6.07) is 14.9. The van der Waals surface area contributed by atoms with Crippen molar-refractivity contribution in [3.8, 4) is 0 Å². The summed E-state index contributed by atoms with van der Waals surface area (Å²) in [6.07, 6.45) is 1.03. The SMILES string of the molecule is CN=C(NCCc1cccs1)N[C@H](C)c1ccccc1. The Morgan fingerprint density at radius 1 is 1.20 bits per heavy atom. The molecule has 0 fully saturated rings. The first-order chi connectivity index (χ1) is 9.79. The molecular weight excluding hydrogens is 266 g/mol. The highest BCUT2D eigenvalue weighted by molar-refractivity contribution is 7.09. The highest BCUT2D eigenvalue weighted by atomic mass is 32.1. The van der Waals surface area contributed by atoms with E-state index in [1.807, 2.05) is 6.07 Å². The average Bonchev–Trinajstić information content (AvgIpc) is 3.00. The van der Waals surface area contributed by atoms with Crippen LogP contribution < -0.4 is 10.6 Å². The smallest absolute Gasteiger partial charge is 0.191 e. The lowest BCUT2D eigenvalue weighted by Gasteiger charge is -2.18. The van der Waals surface area contributed by atoms with Gasteiger partial charge >= 0.3 is 0 Å². The fourth-order valence-electron chi connectivity index (χ4n) is 1.98. The third-order valence-electron chi connectivity index (χ3n) is 3.12. The number of thiophene rings is 1. The summed E-state index contributed by atoms with van der Waals surface area (Å²) >= 11 is 1.79. The van der Waals surface area contributed by atoms with Crippen molar-refractivity contribution in [3.63, 3.8) is 0 Å². The zero-order chi connectivity index (χ0) is 14.2. The number of nitrogens with zero attached hydrogens (tertiary/aromatic N) is 1. The summed E-state index contributed by atoms with van der Waals surface area (Å²) in [4.78, 5) is 5.66. The zero-order valence-electron chi connectivity index (χ0n) is 12.0. The maximum Gasteiger partial charge on any atom is 0.191 e. The highest BCUT2D eigenvalue weighted by Crippen LogP contribution is 2.11. The van der Waals surface area contributed by atoms with Gasteiger partial charge in [-0.3, -0.25) is 4.99 Å². The van der Waals surface area contributed by atoms with Gasteiger partial charge in [-0.05, 0) is 30.4 Å². The van der Waals surface area contributed by atoms with Gasteiger partial charge < -0.3 is 10.6 Å². The number of hydrogen-bond acceptors (Lipinski definition) is 2.